The molecule has 17 heavy (non-hydrogen) atoms. The van der Waals surface area contributed by atoms with Crippen LogP contribution >= 0.6 is 22.6 Å². The third-order valence-corrected chi connectivity index (χ3v) is 3.40. The third-order valence-electron chi connectivity index (χ3n) is 2.35. The predicted octanol–water partition coefficient (Wildman–Crippen LogP) is 2.28. The van der Waals surface area contributed by atoms with Gasteiger partial charge in [0.15, 0.2) is 11.4 Å². The van der Waals surface area contributed by atoms with Gasteiger partial charge in [-0.1, -0.05) is 18.2 Å². The highest BCUT2D eigenvalue weighted by atomic mass is 127. The minimum atomic E-state index is 0.179. The second kappa shape index (κ2) is 4.98. The molecule has 1 aromatic heterocycles. The molecule has 1 aromatic carbocycles. The first-order valence-corrected chi connectivity index (χ1v) is 5.93. The van der Waals surface area contributed by atoms with E-state index < -0.39 is 0 Å². The number of hydrogen-bond donors (Lipinski definition) is 0. The molecule has 0 aliphatic heterocycles. The molecule has 0 saturated heterocycles. The highest BCUT2D eigenvalue weighted by molar-refractivity contribution is 14.1. The van der Waals surface area contributed by atoms with Crippen LogP contribution in [-0.4, -0.2) is 9.55 Å². The van der Waals surface area contributed by atoms with Gasteiger partial charge in [0.1, 0.15) is 12.1 Å². The molecule has 82 valence electrons. The summed E-state index contributed by atoms with van der Waals surface area (Å²) in [7, 11) is 0. The van der Waals surface area contributed by atoms with E-state index in [0.29, 0.717) is 12.2 Å². The Labute approximate surface area is 112 Å². The smallest absolute Gasteiger partial charge is 0.176 e. The zero-order valence-electron chi connectivity index (χ0n) is 8.76. The molecular formula is C12H7IN4. The van der Waals surface area contributed by atoms with Gasteiger partial charge in [-0.25, -0.2) is 4.98 Å². The van der Waals surface area contributed by atoms with Crippen LogP contribution in [0.4, 0.5) is 0 Å². The third kappa shape index (κ3) is 2.29. The highest BCUT2D eigenvalue weighted by Gasteiger charge is 2.10. The van der Waals surface area contributed by atoms with Crippen molar-refractivity contribution in [2.45, 2.75) is 6.54 Å². The largest absolute Gasteiger partial charge is 0.317 e. The fraction of sp³-hybridized carbons (Fsp3) is 0.0833. The molecule has 5 heteroatoms. The molecule has 2 rings (SSSR count). The number of imidazole rings is 1. The first-order chi connectivity index (χ1) is 8.26. The molecule has 0 bridgehead atoms. The van der Waals surface area contributed by atoms with Crippen molar-refractivity contribution in [2.24, 2.45) is 0 Å². The summed E-state index contributed by atoms with van der Waals surface area (Å²) in [6.07, 6.45) is 1.53. The molecule has 0 saturated carbocycles. The van der Waals surface area contributed by atoms with Crippen LogP contribution in [0.3, 0.4) is 0 Å². The van der Waals surface area contributed by atoms with E-state index in [1.165, 1.54) is 6.33 Å². The fourth-order valence-corrected chi connectivity index (χ4v) is 2.07. The summed E-state index contributed by atoms with van der Waals surface area (Å²) in [5.74, 6) is 0. The topological polar surface area (TPSA) is 65.4 Å². The van der Waals surface area contributed by atoms with E-state index in [1.54, 1.807) is 4.57 Å². The molecule has 1 heterocycles. The van der Waals surface area contributed by atoms with Gasteiger partial charge in [0.2, 0.25) is 0 Å². The number of benzene rings is 1. The van der Waals surface area contributed by atoms with Crippen LogP contribution in [0.2, 0.25) is 0 Å². The Bertz CT molecular complexity index is 631. The maximum atomic E-state index is 9.00. The van der Waals surface area contributed by atoms with Crippen molar-refractivity contribution in [2.75, 3.05) is 0 Å². The zero-order chi connectivity index (χ0) is 12.3. The van der Waals surface area contributed by atoms with Crippen LogP contribution < -0.4 is 0 Å². The predicted molar refractivity (Wildman–Crippen MR) is 69.9 cm³/mol. The zero-order valence-corrected chi connectivity index (χ0v) is 10.9. The Balaban J connectivity index is 2.39. The summed E-state index contributed by atoms with van der Waals surface area (Å²) in [6, 6.07) is 11.8. The van der Waals surface area contributed by atoms with E-state index in [4.69, 9.17) is 10.5 Å². The van der Waals surface area contributed by atoms with Crippen molar-refractivity contribution in [3.8, 4) is 12.1 Å². The summed E-state index contributed by atoms with van der Waals surface area (Å²) in [5.41, 5.74) is 1.59. The second-order valence-corrected chi connectivity index (χ2v) is 4.55. The number of aromatic nitrogens is 2. The summed E-state index contributed by atoms with van der Waals surface area (Å²) in [5, 5.41) is 17.8. The van der Waals surface area contributed by atoms with Gasteiger partial charge in [0.25, 0.3) is 0 Å². The van der Waals surface area contributed by atoms with Crippen LogP contribution in [0, 0.1) is 26.2 Å². The van der Waals surface area contributed by atoms with Gasteiger partial charge in [0.05, 0.1) is 12.9 Å². The van der Waals surface area contributed by atoms with Crippen molar-refractivity contribution >= 4 is 22.6 Å². The lowest BCUT2D eigenvalue weighted by Gasteiger charge is -2.05. The van der Waals surface area contributed by atoms with Crippen molar-refractivity contribution < 1.29 is 0 Å². The van der Waals surface area contributed by atoms with E-state index in [0.717, 1.165) is 9.13 Å². The van der Waals surface area contributed by atoms with Crippen LogP contribution in [-0.2, 0) is 6.54 Å². The number of halogens is 1. The van der Waals surface area contributed by atoms with Gasteiger partial charge in [-0.2, -0.15) is 10.5 Å². The van der Waals surface area contributed by atoms with Crippen LogP contribution in [0.15, 0.2) is 30.6 Å². The van der Waals surface area contributed by atoms with E-state index in [-0.39, 0.29) is 5.69 Å². The number of nitriles is 2. The van der Waals surface area contributed by atoms with Gasteiger partial charge in [-0.15, -0.1) is 0 Å². The molecule has 2 aromatic rings. The molecule has 0 radical (unpaired) electrons. The first-order valence-electron chi connectivity index (χ1n) is 4.85. The lowest BCUT2D eigenvalue weighted by Crippen LogP contribution is -2.03. The van der Waals surface area contributed by atoms with Gasteiger partial charge >= 0.3 is 0 Å². The molecule has 0 amide bonds. The van der Waals surface area contributed by atoms with Gasteiger partial charge in [-0.05, 0) is 34.2 Å². The highest BCUT2D eigenvalue weighted by Crippen LogP contribution is 2.15. The normalized spacial score (nSPS) is 9.59. The van der Waals surface area contributed by atoms with E-state index in [2.05, 4.69) is 27.6 Å². The Morgan fingerprint density at radius 3 is 2.65 bits per heavy atom. The standard InChI is InChI=1S/C12H7IN4/c13-10-4-2-1-3-9(10)7-17-8-16-11(5-14)12(17)6-15/h1-4,8H,7H2. The Morgan fingerprint density at radius 2 is 2.00 bits per heavy atom. The molecule has 0 atom stereocenters. The minimum absolute atomic E-state index is 0.179. The Kier molecular flexibility index (Phi) is 3.40. The molecule has 0 aliphatic rings. The van der Waals surface area contributed by atoms with E-state index in [1.807, 2.05) is 36.4 Å². The number of hydrogen-bond acceptors (Lipinski definition) is 3. The molecule has 0 N–H and O–H groups in total. The van der Waals surface area contributed by atoms with Gasteiger partial charge in [0, 0.05) is 3.57 Å². The summed E-state index contributed by atoms with van der Waals surface area (Å²) in [4.78, 5) is 3.91. The lowest BCUT2D eigenvalue weighted by molar-refractivity contribution is 0.782. The van der Waals surface area contributed by atoms with Crippen molar-refractivity contribution in [3.63, 3.8) is 0 Å². The van der Waals surface area contributed by atoms with Crippen molar-refractivity contribution in [1.29, 1.82) is 10.5 Å². The van der Waals surface area contributed by atoms with Crippen LogP contribution in [0.1, 0.15) is 17.0 Å². The maximum absolute atomic E-state index is 9.00. The monoisotopic (exact) mass is 334 g/mol. The van der Waals surface area contributed by atoms with Crippen LogP contribution in [0.5, 0.6) is 0 Å². The van der Waals surface area contributed by atoms with E-state index in [9.17, 15) is 0 Å². The molecule has 0 spiro atoms. The molecule has 0 fully saturated rings. The molecular weight excluding hydrogens is 327 g/mol. The minimum Gasteiger partial charge on any atom is -0.317 e. The van der Waals surface area contributed by atoms with Gasteiger partial charge < -0.3 is 4.57 Å². The number of rotatable bonds is 2. The summed E-state index contributed by atoms with van der Waals surface area (Å²) < 4.78 is 2.82. The number of nitrogens with zero attached hydrogens (tertiary/aromatic N) is 4. The first kappa shape index (κ1) is 11.6. The average molecular weight is 334 g/mol. The fourth-order valence-electron chi connectivity index (χ4n) is 1.51. The average Bonchev–Trinajstić information content (AvgIpc) is 2.74. The van der Waals surface area contributed by atoms with Crippen LogP contribution in [0.25, 0.3) is 0 Å². The molecule has 4 nitrogen and oxygen atoms in total. The van der Waals surface area contributed by atoms with Gasteiger partial charge in [-0.3, -0.25) is 0 Å². The lowest BCUT2D eigenvalue weighted by atomic mass is 10.2. The maximum Gasteiger partial charge on any atom is 0.176 e. The SMILES string of the molecule is N#Cc1ncn(Cc2ccccc2I)c1C#N. The Morgan fingerprint density at radius 1 is 1.24 bits per heavy atom. The second-order valence-electron chi connectivity index (χ2n) is 3.38. The summed E-state index contributed by atoms with van der Waals surface area (Å²) >= 11 is 2.25. The summed E-state index contributed by atoms with van der Waals surface area (Å²) in [6.45, 7) is 0.552. The van der Waals surface area contributed by atoms with E-state index >= 15 is 0 Å². The van der Waals surface area contributed by atoms with Crippen molar-refractivity contribution in [3.05, 3.63) is 51.1 Å². The Hall–Kier alpha value is -1.86. The molecule has 0 aliphatic carbocycles. The quantitative estimate of drug-likeness (QED) is 0.792. The molecule has 0 unspecified atom stereocenters. The van der Waals surface area contributed by atoms with Crippen molar-refractivity contribution in [1.82, 2.24) is 9.55 Å².